The molecule has 0 fully saturated rings. The van der Waals surface area contributed by atoms with Crippen LogP contribution in [0.15, 0.2) is 30.3 Å². The maximum Gasteiger partial charge on any atom is 0.287 e. The van der Waals surface area contributed by atoms with Gasteiger partial charge in [0.05, 0.1) is 12.1 Å². The van der Waals surface area contributed by atoms with E-state index in [2.05, 4.69) is 5.32 Å². The Kier molecular flexibility index (Phi) is 6.94. The van der Waals surface area contributed by atoms with Crippen LogP contribution < -0.4 is 5.32 Å². The SMILES string of the molecule is CCCC(CC(=O)C(=O)N[C@@H](C)c1ccccc1)OC. The van der Waals surface area contributed by atoms with Crippen molar-refractivity contribution in [3.63, 3.8) is 0 Å². The molecule has 4 heteroatoms. The fourth-order valence-corrected chi connectivity index (χ4v) is 2.03. The van der Waals surface area contributed by atoms with Crippen LogP contribution in [0.4, 0.5) is 0 Å². The van der Waals surface area contributed by atoms with Gasteiger partial charge in [0.2, 0.25) is 5.78 Å². The van der Waals surface area contributed by atoms with Crippen LogP contribution in [-0.4, -0.2) is 24.9 Å². The molecular weight excluding hydrogens is 254 g/mol. The van der Waals surface area contributed by atoms with Crippen molar-refractivity contribution in [3.05, 3.63) is 35.9 Å². The number of Topliss-reactive ketones (excluding diaryl/α,β-unsaturated/α-hetero) is 1. The summed E-state index contributed by atoms with van der Waals surface area (Å²) in [5.74, 6) is -0.965. The van der Waals surface area contributed by atoms with E-state index in [0.29, 0.717) is 0 Å². The van der Waals surface area contributed by atoms with Gasteiger partial charge < -0.3 is 10.1 Å². The molecule has 1 unspecified atom stereocenters. The Labute approximate surface area is 120 Å². The normalized spacial score (nSPS) is 13.6. The fourth-order valence-electron chi connectivity index (χ4n) is 2.03. The van der Waals surface area contributed by atoms with E-state index in [4.69, 9.17) is 4.74 Å². The highest BCUT2D eigenvalue weighted by Gasteiger charge is 2.20. The van der Waals surface area contributed by atoms with E-state index in [-0.39, 0.29) is 18.6 Å². The lowest BCUT2D eigenvalue weighted by atomic mass is 10.1. The van der Waals surface area contributed by atoms with Gasteiger partial charge in [0.1, 0.15) is 0 Å². The summed E-state index contributed by atoms with van der Waals surface area (Å²) in [6.45, 7) is 3.88. The molecule has 0 saturated carbocycles. The zero-order valence-electron chi connectivity index (χ0n) is 12.4. The second kappa shape index (κ2) is 8.48. The maximum absolute atomic E-state index is 11.9. The number of carbonyl (C=O) groups excluding carboxylic acids is 2. The van der Waals surface area contributed by atoms with Crippen molar-refractivity contribution < 1.29 is 14.3 Å². The molecule has 0 aliphatic heterocycles. The third kappa shape index (κ3) is 5.13. The molecule has 0 saturated heterocycles. The molecule has 0 spiro atoms. The average molecular weight is 277 g/mol. The largest absolute Gasteiger partial charge is 0.381 e. The number of amides is 1. The Morgan fingerprint density at radius 1 is 1.25 bits per heavy atom. The Balaban J connectivity index is 2.51. The van der Waals surface area contributed by atoms with Gasteiger partial charge in [0, 0.05) is 13.5 Å². The van der Waals surface area contributed by atoms with E-state index in [1.807, 2.05) is 44.2 Å². The number of methoxy groups -OCH3 is 1. The van der Waals surface area contributed by atoms with Gasteiger partial charge in [-0.3, -0.25) is 9.59 Å². The van der Waals surface area contributed by atoms with Crippen LogP contribution in [0, 0.1) is 0 Å². The number of ketones is 1. The van der Waals surface area contributed by atoms with Crippen LogP contribution in [0.1, 0.15) is 44.7 Å². The average Bonchev–Trinajstić information content (AvgIpc) is 2.47. The van der Waals surface area contributed by atoms with Crippen molar-refractivity contribution in [2.45, 2.75) is 45.3 Å². The van der Waals surface area contributed by atoms with Gasteiger partial charge in [-0.05, 0) is 18.9 Å². The molecule has 4 nitrogen and oxygen atoms in total. The number of nitrogens with one attached hydrogen (secondary N) is 1. The van der Waals surface area contributed by atoms with E-state index in [9.17, 15) is 9.59 Å². The minimum Gasteiger partial charge on any atom is -0.381 e. The van der Waals surface area contributed by atoms with Crippen LogP contribution in [0.25, 0.3) is 0 Å². The van der Waals surface area contributed by atoms with Crippen molar-refractivity contribution in [2.75, 3.05) is 7.11 Å². The molecule has 1 aromatic carbocycles. The molecule has 2 atom stereocenters. The fraction of sp³-hybridized carbons (Fsp3) is 0.500. The first kappa shape index (κ1) is 16.4. The van der Waals surface area contributed by atoms with Gasteiger partial charge in [0.15, 0.2) is 0 Å². The Hall–Kier alpha value is -1.68. The maximum atomic E-state index is 11.9. The van der Waals surface area contributed by atoms with Gasteiger partial charge in [-0.2, -0.15) is 0 Å². The number of hydrogen-bond acceptors (Lipinski definition) is 3. The highest BCUT2D eigenvalue weighted by atomic mass is 16.5. The number of carbonyl (C=O) groups is 2. The summed E-state index contributed by atoms with van der Waals surface area (Å²) in [7, 11) is 1.57. The summed E-state index contributed by atoms with van der Waals surface area (Å²) in [6.07, 6.45) is 1.67. The predicted octanol–water partition coefficient (Wildman–Crippen LogP) is 2.64. The molecule has 0 bridgehead atoms. The Bertz CT molecular complexity index is 431. The van der Waals surface area contributed by atoms with Crippen LogP contribution >= 0.6 is 0 Å². The van der Waals surface area contributed by atoms with E-state index >= 15 is 0 Å². The summed E-state index contributed by atoms with van der Waals surface area (Å²) in [6, 6.07) is 9.38. The molecular formula is C16H23NO3. The van der Waals surface area contributed by atoms with Crippen molar-refractivity contribution in [2.24, 2.45) is 0 Å². The lowest BCUT2D eigenvalue weighted by molar-refractivity contribution is -0.139. The van der Waals surface area contributed by atoms with Crippen LogP contribution in [0.3, 0.4) is 0 Å². The molecule has 0 radical (unpaired) electrons. The summed E-state index contributed by atoms with van der Waals surface area (Å²) >= 11 is 0. The molecule has 0 aromatic heterocycles. The molecule has 0 aliphatic carbocycles. The second-order valence-electron chi connectivity index (χ2n) is 4.88. The first-order valence-electron chi connectivity index (χ1n) is 6.99. The van der Waals surface area contributed by atoms with Gasteiger partial charge in [-0.15, -0.1) is 0 Å². The molecule has 1 aromatic rings. The Morgan fingerprint density at radius 2 is 1.90 bits per heavy atom. The van der Waals surface area contributed by atoms with Crippen molar-refractivity contribution in [1.29, 1.82) is 0 Å². The zero-order chi connectivity index (χ0) is 15.0. The third-order valence-corrected chi connectivity index (χ3v) is 3.26. The van der Waals surface area contributed by atoms with Crippen molar-refractivity contribution in [3.8, 4) is 0 Å². The number of hydrogen-bond donors (Lipinski definition) is 1. The zero-order valence-corrected chi connectivity index (χ0v) is 12.4. The predicted molar refractivity (Wildman–Crippen MR) is 78.3 cm³/mol. The molecule has 0 aliphatic rings. The van der Waals surface area contributed by atoms with Gasteiger partial charge >= 0.3 is 0 Å². The number of benzene rings is 1. The summed E-state index contributed by atoms with van der Waals surface area (Å²) < 4.78 is 5.20. The lowest BCUT2D eigenvalue weighted by Gasteiger charge is -2.16. The van der Waals surface area contributed by atoms with E-state index in [1.54, 1.807) is 7.11 Å². The number of ether oxygens (including phenoxy) is 1. The van der Waals surface area contributed by atoms with E-state index in [1.165, 1.54) is 0 Å². The lowest BCUT2D eigenvalue weighted by Crippen LogP contribution is -2.35. The van der Waals surface area contributed by atoms with Gasteiger partial charge in [0.25, 0.3) is 5.91 Å². The smallest absolute Gasteiger partial charge is 0.287 e. The molecule has 1 N–H and O–H groups in total. The molecule has 1 amide bonds. The molecule has 1 rings (SSSR count). The monoisotopic (exact) mass is 277 g/mol. The standard InChI is InChI=1S/C16H23NO3/c1-4-8-14(20-3)11-15(18)16(19)17-12(2)13-9-6-5-7-10-13/h5-7,9-10,12,14H,4,8,11H2,1-3H3,(H,17,19)/t12-,14?/m0/s1. The van der Waals surface area contributed by atoms with Crippen molar-refractivity contribution in [1.82, 2.24) is 5.32 Å². The first-order valence-corrected chi connectivity index (χ1v) is 6.99. The summed E-state index contributed by atoms with van der Waals surface area (Å²) in [5.41, 5.74) is 0.977. The third-order valence-electron chi connectivity index (χ3n) is 3.26. The molecule has 20 heavy (non-hydrogen) atoms. The molecule has 0 heterocycles. The van der Waals surface area contributed by atoms with Crippen LogP contribution in [0.2, 0.25) is 0 Å². The van der Waals surface area contributed by atoms with E-state index in [0.717, 1.165) is 18.4 Å². The van der Waals surface area contributed by atoms with Crippen molar-refractivity contribution >= 4 is 11.7 Å². The first-order chi connectivity index (χ1) is 9.58. The van der Waals surface area contributed by atoms with E-state index < -0.39 is 11.7 Å². The highest BCUT2D eigenvalue weighted by Crippen LogP contribution is 2.12. The quantitative estimate of drug-likeness (QED) is 0.743. The van der Waals surface area contributed by atoms with Gasteiger partial charge in [-0.25, -0.2) is 0 Å². The minimum atomic E-state index is -0.542. The van der Waals surface area contributed by atoms with Crippen LogP contribution in [-0.2, 0) is 14.3 Å². The number of rotatable bonds is 8. The summed E-state index contributed by atoms with van der Waals surface area (Å²) in [4.78, 5) is 23.7. The van der Waals surface area contributed by atoms with Crippen LogP contribution in [0.5, 0.6) is 0 Å². The van der Waals surface area contributed by atoms with Gasteiger partial charge in [-0.1, -0.05) is 43.7 Å². The topological polar surface area (TPSA) is 55.4 Å². The summed E-state index contributed by atoms with van der Waals surface area (Å²) in [5, 5.41) is 2.72. The minimum absolute atomic E-state index is 0.137. The Morgan fingerprint density at radius 3 is 2.45 bits per heavy atom. The second-order valence-corrected chi connectivity index (χ2v) is 4.88. The molecule has 110 valence electrons. The highest BCUT2D eigenvalue weighted by molar-refractivity contribution is 6.36.